The van der Waals surface area contributed by atoms with Crippen LogP contribution in [0.5, 0.6) is 0 Å². The Kier molecular flexibility index (Phi) is 6.93. The topological polar surface area (TPSA) is 113 Å². The Morgan fingerprint density at radius 1 is 1.34 bits per heavy atom. The van der Waals surface area contributed by atoms with Gasteiger partial charge in [0.25, 0.3) is 5.91 Å². The predicted octanol–water partition coefficient (Wildman–Crippen LogP) is 2.16. The fourth-order valence-corrected chi connectivity index (χ4v) is 3.50. The van der Waals surface area contributed by atoms with Crippen molar-refractivity contribution in [2.24, 2.45) is 0 Å². The van der Waals surface area contributed by atoms with Gasteiger partial charge in [0.05, 0.1) is 21.9 Å². The Balaban J connectivity index is 2.03. The lowest BCUT2D eigenvalue weighted by atomic mass is 10.1. The number of carbonyl (C=O) groups is 1. The monoisotopic (exact) mass is 454 g/mol. The van der Waals surface area contributed by atoms with Crippen molar-refractivity contribution < 1.29 is 31.5 Å². The van der Waals surface area contributed by atoms with Gasteiger partial charge >= 0.3 is 6.18 Å². The number of anilines is 1. The quantitative estimate of drug-likeness (QED) is 0.529. The van der Waals surface area contributed by atoms with Gasteiger partial charge in [0, 0.05) is 25.5 Å². The molecule has 0 saturated heterocycles. The van der Waals surface area contributed by atoms with E-state index in [2.05, 4.69) is 9.71 Å². The first kappa shape index (κ1) is 23.1. The molecule has 1 unspecified atom stereocenters. The molecule has 0 saturated carbocycles. The van der Waals surface area contributed by atoms with E-state index < -0.39 is 27.7 Å². The molecule has 0 aliphatic carbocycles. The molecule has 1 aromatic heterocycles. The van der Waals surface area contributed by atoms with E-state index in [4.69, 9.17) is 11.6 Å². The average Bonchev–Trinajstić information content (AvgIpc) is 3.12. The Labute approximate surface area is 169 Å². The lowest BCUT2D eigenvalue weighted by Crippen LogP contribution is -2.52. The number of amides is 1. The molecule has 0 fully saturated rings. The summed E-state index contributed by atoms with van der Waals surface area (Å²) in [6.45, 7) is 0.973. The summed E-state index contributed by atoms with van der Waals surface area (Å²) in [6.07, 6.45) is 0.215. The maximum Gasteiger partial charge on any atom is 0.426 e. The van der Waals surface area contributed by atoms with Crippen molar-refractivity contribution in [1.29, 1.82) is 0 Å². The highest BCUT2D eigenvalue weighted by molar-refractivity contribution is 7.89. The van der Waals surface area contributed by atoms with E-state index in [-0.39, 0.29) is 22.2 Å². The fraction of sp³-hybridized carbons (Fsp3) is 0.375. The van der Waals surface area contributed by atoms with Crippen LogP contribution in [0.1, 0.15) is 13.3 Å². The first-order valence-corrected chi connectivity index (χ1v) is 10.1. The number of carbonyl (C=O) groups excluding carboxylic acids is 1. The van der Waals surface area contributed by atoms with Crippen molar-refractivity contribution in [2.45, 2.75) is 36.6 Å². The molecule has 0 spiro atoms. The minimum atomic E-state index is -5.20. The van der Waals surface area contributed by atoms with Gasteiger partial charge in [0.2, 0.25) is 15.6 Å². The van der Waals surface area contributed by atoms with Crippen LogP contribution < -0.4 is 10.0 Å². The highest BCUT2D eigenvalue weighted by Crippen LogP contribution is 2.32. The van der Waals surface area contributed by atoms with Crippen LogP contribution in [0.25, 0.3) is 0 Å². The van der Waals surface area contributed by atoms with Crippen molar-refractivity contribution in [1.82, 2.24) is 14.3 Å². The van der Waals surface area contributed by atoms with E-state index in [1.807, 2.05) is 5.32 Å². The molecule has 160 valence electrons. The first-order valence-electron chi connectivity index (χ1n) is 8.20. The highest BCUT2D eigenvalue weighted by Gasteiger charge is 2.55. The number of hydrogen-bond donors (Lipinski definition) is 3. The van der Waals surface area contributed by atoms with Crippen LogP contribution in [0.15, 0.2) is 41.8 Å². The smallest absolute Gasteiger partial charge is 0.373 e. The molecule has 0 aliphatic heterocycles. The van der Waals surface area contributed by atoms with Crippen LogP contribution in [0.4, 0.5) is 18.9 Å². The number of halogens is 4. The van der Waals surface area contributed by atoms with Crippen molar-refractivity contribution in [2.75, 3.05) is 11.9 Å². The first-order chi connectivity index (χ1) is 13.3. The highest BCUT2D eigenvalue weighted by atomic mass is 35.5. The van der Waals surface area contributed by atoms with Crippen LogP contribution >= 0.6 is 11.6 Å². The number of nitrogens with one attached hydrogen (secondary N) is 2. The number of hydrogen-bond acceptors (Lipinski definition) is 5. The molecule has 1 aromatic carbocycles. The minimum absolute atomic E-state index is 0.130. The molecular weight excluding hydrogens is 437 g/mol. The van der Waals surface area contributed by atoms with Crippen LogP contribution in [0.2, 0.25) is 5.02 Å². The van der Waals surface area contributed by atoms with Crippen molar-refractivity contribution in [3.63, 3.8) is 0 Å². The third-order valence-electron chi connectivity index (χ3n) is 3.94. The number of aliphatic hydroxyl groups is 1. The number of aromatic nitrogens is 2. The number of benzene rings is 1. The molecule has 29 heavy (non-hydrogen) atoms. The van der Waals surface area contributed by atoms with E-state index in [0.717, 1.165) is 18.2 Å². The van der Waals surface area contributed by atoms with Gasteiger partial charge in [-0.1, -0.05) is 11.6 Å². The van der Waals surface area contributed by atoms with Gasteiger partial charge in [0.15, 0.2) is 0 Å². The standard InChI is InChI=1S/C16H18ClF3N4O4S/c1-15(26,16(18,19)20)14(25)23-13-4-3-11(9-12(13)17)29(27,28)22-5-2-7-24-8-6-21-10-24/h3-4,6,8-10,22,26H,2,5,7H2,1H3,(H,23,25). The van der Waals surface area contributed by atoms with Gasteiger partial charge in [-0.3, -0.25) is 4.79 Å². The molecule has 13 heteroatoms. The molecule has 0 bridgehead atoms. The summed E-state index contributed by atoms with van der Waals surface area (Å²) in [5.41, 5.74) is -3.92. The van der Waals surface area contributed by atoms with Gasteiger partial charge in [-0.25, -0.2) is 18.1 Å². The number of nitrogens with zero attached hydrogens (tertiary/aromatic N) is 2. The molecule has 1 amide bonds. The molecule has 3 N–H and O–H groups in total. The Bertz CT molecular complexity index is 963. The summed E-state index contributed by atoms with van der Waals surface area (Å²) in [5.74, 6) is -1.75. The van der Waals surface area contributed by atoms with Gasteiger partial charge in [0.1, 0.15) is 0 Å². The van der Waals surface area contributed by atoms with Gasteiger partial charge in [-0.05, 0) is 31.5 Å². The lowest BCUT2D eigenvalue weighted by molar-refractivity contribution is -0.242. The predicted molar refractivity (Wildman–Crippen MR) is 98.8 cm³/mol. The minimum Gasteiger partial charge on any atom is -0.373 e. The van der Waals surface area contributed by atoms with E-state index >= 15 is 0 Å². The maximum absolute atomic E-state index is 12.7. The number of aryl methyl sites for hydroxylation is 1. The Morgan fingerprint density at radius 2 is 2.03 bits per heavy atom. The Hall–Kier alpha value is -2.15. The number of imidazole rings is 1. The maximum atomic E-state index is 12.7. The van der Waals surface area contributed by atoms with Crippen molar-refractivity contribution >= 4 is 33.2 Å². The summed E-state index contributed by atoms with van der Waals surface area (Å²) in [6, 6.07) is 3.09. The average molecular weight is 455 g/mol. The second-order valence-electron chi connectivity index (χ2n) is 6.22. The van der Waals surface area contributed by atoms with Gasteiger partial charge < -0.3 is 15.0 Å². The zero-order valence-electron chi connectivity index (χ0n) is 15.1. The number of alkyl halides is 3. The summed E-state index contributed by atoms with van der Waals surface area (Å²) in [7, 11) is -3.92. The van der Waals surface area contributed by atoms with Crippen LogP contribution in [0.3, 0.4) is 0 Å². The second-order valence-corrected chi connectivity index (χ2v) is 8.39. The summed E-state index contributed by atoms with van der Waals surface area (Å²) < 4.78 is 66.9. The lowest BCUT2D eigenvalue weighted by Gasteiger charge is -2.25. The molecule has 0 aliphatic rings. The molecular formula is C16H18ClF3N4O4S. The van der Waals surface area contributed by atoms with Crippen molar-refractivity contribution in [3.8, 4) is 0 Å². The zero-order valence-corrected chi connectivity index (χ0v) is 16.6. The van der Waals surface area contributed by atoms with Gasteiger partial charge in [-0.15, -0.1) is 0 Å². The SMILES string of the molecule is CC(O)(C(=O)Nc1ccc(S(=O)(=O)NCCCn2ccnc2)cc1Cl)C(F)(F)F. The molecule has 8 nitrogen and oxygen atoms in total. The third-order valence-corrected chi connectivity index (χ3v) is 5.71. The summed E-state index contributed by atoms with van der Waals surface area (Å²) >= 11 is 5.89. The normalized spacial score (nSPS) is 14.4. The van der Waals surface area contributed by atoms with Crippen LogP contribution in [0, 0.1) is 0 Å². The Morgan fingerprint density at radius 3 is 2.59 bits per heavy atom. The van der Waals surface area contributed by atoms with E-state index in [0.29, 0.717) is 19.9 Å². The second kappa shape index (κ2) is 8.69. The van der Waals surface area contributed by atoms with E-state index in [1.54, 1.807) is 23.3 Å². The van der Waals surface area contributed by atoms with Crippen molar-refractivity contribution in [3.05, 3.63) is 41.9 Å². The molecule has 0 radical (unpaired) electrons. The molecule has 2 rings (SSSR count). The molecule has 1 heterocycles. The van der Waals surface area contributed by atoms with Gasteiger partial charge in [-0.2, -0.15) is 13.2 Å². The van der Waals surface area contributed by atoms with E-state index in [1.165, 1.54) is 0 Å². The van der Waals surface area contributed by atoms with Crippen LogP contribution in [-0.4, -0.2) is 47.3 Å². The van der Waals surface area contributed by atoms with E-state index in [9.17, 15) is 31.5 Å². The molecule has 1 atom stereocenters. The number of rotatable bonds is 8. The summed E-state index contributed by atoms with van der Waals surface area (Å²) in [4.78, 5) is 15.3. The largest absolute Gasteiger partial charge is 0.426 e. The zero-order chi connectivity index (χ0) is 21.9. The summed E-state index contributed by atoms with van der Waals surface area (Å²) in [5, 5.41) is 10.9. The third kappa shape index (κ3) is 5.69. The number of sulfonamides is 1. The molecule has 2 aromatic rings. The fourth-order valence-electron chi connectivity index (χ4n) is 2.11. The van der Waals surface area contributed by atoms with Crippen LogP contribution in [-0.2, 0) is 21.4 Å².